The van der Waals surface area contributed by atoms with Gasteiger partial charge in [0.25, 0.3) is 0 Å². The van der Waals surface area contributed by atoms with Crippen LogP contribution in [0, 0.1) is 0 Å². The van der Waals surface area contributed by atoms with Gasteiger partial charge in [-0.25, -0.2) is 0 Å². The molecule has 80 valence electrons. The van der Waals surface area contributed by atoms with Crippen LogP contribution in [0.3, 0.4) is 0 Å². The zero-order chi connectivity index (χ0) is 11.4. The van der Waals surface area contributed by atoms with Crippen molar-refractivity contribution in [1.29, 1.82) is 0 Å². The van der Waals surface area contributed by atoms with E-state index in [1.165, 1.54) is 0 Å². The Morgan fingerprint density at radius 3 is 1.31 bits per heavy atom. The predicted molar refractivity (Wildman–Crippen MR) is 73.3 cm³/mol. The van der Waals surface area contributed by atoms with Crippen LogP contribution in [-0.2, 0) is 0 Å². The predicted octanol–water partition coefficient (Wildman–Crippen LogP) is 3.16. The second-order valence-electron chi connectivity index (χ2n) is 3.17. The van der Waals surface area contributed by atoms with Gasteiger partial charge < -0.3 is 0 Å². The van der Waals surface area contributed by atoms with Crippen molar-refractivity contribution in [3.8, 4) is 0 Å². The Morgan fingerprint density at radius 2 is 1.00 bits per heavy atom. The lowest BCUT2D eigenvalue weighted by Crippen LogP contribution is -1.83. The largest absolute Gasteiger partial charge is 0.265 e. The molecular formula is C12H10N2S2. The topological polar surface area (TPSA) is 25.8 Å². The summed E-state index contributed by atoms with van der Waals surface area (Å²) in [5.74, 6) is 0. The zero-order valence-electron chi connectivity index (χ0n) is 8.41. The lowest BCUT2D eigenvalue weighted by molar-refractivity contribution is 1.32. The van der Waals surface area contributed by atoms with Gasteiger partial charge in [-0.05, 0) is 35.4 Å². The molecule has 0 fully saturated rings. The number of pyridine rings is 2. The molecule has 2 nitrogen and oxygen atoms in total. The number of rotatable bonds is 2. The molecule has 0 atom stereocenters. The van der Waals surface area contributed by atoms with Gasteiger partial charge in [0.05, 0.1) is 0 Å². The quantitative estimate of drug-likeness (QED) is 0.796. The van der Waals surface area contributed by atoms with Crippen molar-refractivity contribution in [1.82, 2.24) is 9.97 Å². The highest BCUT2D eigenvalue weighted by Gasteiger charge is 2.04. The standard InChI is InChI=1S/C12H10N2S2/c15-11(9-1-5-13-6-2-9)12(16)10-3-7-14-8-4-10/h1-8,15-16H. The summed E-state index contributed by atoms with van der Waals surface area (Å²) in [5.41, 5.74) is 2.00. The average Bonchev–Trinajstić information content (AvgIpc) is 2.39. The van der Waals surface area contributed by atoms with Crippen LogP contribution in [-0.4, -0.2) is 9.97 Å². The molecule has 2 aromatic rings. The highest BCUT2D eigenvalue weighted by atomic mass is 32.1. The normalized spacial score (nSPS) is 12.1. The van der Waals surface area contributed by atoms with Gasteiger partial charge in [-0.2, -0.15) is 0 Å². The zero-order valence-corrected chi connectivity index (χ0v) is 10.2. The molecule has 2 rings (SSSR count). The van der Waals surface area contributed by atoms with E-state index in [1.54, 1.807) is 24.8 Å². The molecule has 0 aliphatic carbocycles. The second-order valence-corrected chi connectivity index (χ2v) is 4.06. The summed E-state index contributed by atoms with van der Waals surface area (Å²) < 4.78 is 0. The van der Waals surface area contributed by atoms with Crippen LogP contribution in [0.15, 0.2) is 49.1 Å². The fourth-order valence-electron chi connectivity index (χ4n) is 1.29. The van der Waals surface area contributed by atoms with Crippen molar-refractivity contribution in [3.05, 3.63) is 60.2 Å². The van der Waals surface area contributed by atoms with Crippen LogP contribution in [0.25, 0.3) is 9.81 Å². The lowest BCUT2D eigenvalue weighted by atomic mass is 10.2. The average molecular weight is 246 g/mol. The first-order valence-corrected chi connectivity index (χ1v) is 5.61. The Hall–Kier alpha value is -1.26. The number of nitrogens with zero attached hydrogens (tertiary/aromatic N) is 2. The molecule has 0 N–H and O–H groups in total. The molecule has 0 saturated carbocycles. The van der Waals surface area contributed by atoms with Gasteiger partial charge >= 0.3 is 0 Å². The Labute approximate surface area is 105 Å². The van der Waals surface area contributed by atoms with Crippen molar-refractivity contribution in [2.75, 3.05) is 0 Å². The van der Waals surface area contributed by atoms with Gasteiger partial charge in [-0.3, -0.25) is 9.97 Å². The minimum Gasteiger partial charge on any atom is -0.265 e. The van der Waals surface area contributed by atoms with Gasteiger partial charge in [0.2, 0.25) is 0 Å². The first kappa shape index (κ1) is 11.2. The highest BCUT2D eigenvalue weighted by molar-refractivity contribution is 7.96. The van der Waals surface area contributed by atoms with Crippen LogP contribution in [0.4, 0.5) is 0 Å². The Bertz CT molecular complexity index is 447. The molecule has 0 aliphatic heterocycles. The molecule has 0 amide bonds. The maximum atomic E-state index is 4.48. The van der Waals surface area contributed by atoms with E-state index in [0.717, 1.165) is 20.9 Å². The third-order valence-electron chi connectivity index (χ3n) is 2.13. The van der Waals surface area contributed by atoms with E-state index < -0.39 is 0 Å². The van der Waals surface area contributed by atoms with Crippen LogP contribution in [0.5, 0.6) is 0 Å². The van der Waals surface area contributed by atoms with E-state index in [1.807, 2.05) is 24.3 Å². The van der Waals surface area contributed by atoms with E-state index in [0.29, 0.717) is 0 Å². The van der Waals surface area contributed by atoms with Crippen molar-refractivity contribution < 1.29 is 0 Å². The summed E-state index contributed by atoms with van der Waals surface area (Å²) in [4.78, 5) is 9.60. The van der Waals surface area contributed by atoms with Crippen LogP contribution in [0.1, 0.15) is 11.1 Å². The molecule has 0 bridgehead atoms. The smallest absolute Gasteiger partial charge is 0.0274 e. The molecule has 0 aliphatic rings. The Morgan fingerprint density at radius 1 is 0.688 bits per heavy atom. The molecule has 0 saturated heterocycles. The van der Waals surface area contributed by atoms with Crippen molar-refractivity contribution in [3.63, 3.8) is 0 Å². The minimum absolute atomic E-state index is 0.830. The maximum absolute atomic E-state index is 4.48. The van der Waals surface area contributed by atoms with Crippen LogP contribution in [0.2, 0.25) is 0 Å². The summed E-state index contributed by atoms with van der Waals surface area (Å²) in [5, 5.41) is 0. The molecule has 0 aromatic carbocycles. The summed E-state index contributed by atoms with van der Waals surface area (Å²) >= 11 is 8.96. The monoisotopic (exact) mass is 246 g/mol. The molecule has 0 radical (unpaired) electrons. The Balaban J connectivity index is 2.43. The third kappa shape index (κ3) is 2.46. The van der Waals surface area contributed by atoms with E-state index in [-0.39, 0.29) is 0 Å². The Kier molecular flexibility index (Phi) is 3.64. The minimum atomic E-state index is 0.830. The van der Waals surface area contributed by atoms with Gasteiger partial charge in [0.1, 0.15) is 0 Å². The summed E-state index contributed by atoms with van der Waals surface area (Å²) in [6.45, 7) is 0. The van der Waals surface area contributed by atoms with Crippen LogP contribution < -0.4 is 0 Å². The number of hydrogen-bond acceptors (Lipinski definition) is 4. The van der Waals surface area contributed by atoms with Gasteiger partial charge in [0, 0.05) is 34.6 Å². The summed E-state index contributed by atoms with van der Waals surface area (Å²) in [7, 11) is 0. The molecular weight excluding hydrogens is 236 g/mol. The van der Waals surface area contributed by atoms with Crippen molar-refractivity contribution in [2.24, 2.45) is 0 Å². The first-order valence-electron chi connectivity index (χ1n) is 4.72. The highest BCUT2D eigenvalue weighted by Crippen LogP contribution is 2.30. The third-order valence-corrected chi connectivity index (χ3v) is 3.27. The SMILES string of the molecule is SC(=C(S)c1ccncc1)c1ccncc1. The fraction of sp³-hybridized carbons (Fsp3) is 0. The van der Waals surface area contributed by atoms with E-state index in [2.05, 4.69) is 35.2 Å². The first-order chi connectivity index (χ1) is 7.79. The second kappa shape index (κ2) is 5.18. The van der Waals surface area contributed by atoms with Crippen molar-refractivity contribution in [2.45, 2.75) is 0 Å². The van der Waals surface area contributed by atoms with Gasteiger partial charge in [0.15, 0.2) is 0 Å². The molecule has 4 heteroatoms. The van der Waals surface area contributed by atoms with Crippen molar-refractivity contribution >= 4 is 35.1 Å². The number of aromatic nitrogens is 2. The van der Waals surface area contributed by atoms with E-state index >= 15 is 0 Å². The lowest BCUT2D eigenvalue weighted by Gasteiger charge is -2.06. The molecule has 0 spiro atoms. The molecule has 16 heavy (non-hydrogen) atoms. The fourth-order valence-corrected chi connectivity index (χ4v) is 1.85. The van der Waals surface area contributed by atoms with Crippen LogP contribution >= 0.6 is 25.3 Å². The summed E-state index contributed by atoms with van der Waals surface area (Å²) in [6, 6.07) is 7.61. The number of thiol groups is 2. The van der Waals surface area contributed by atoms with Gasteiger partial charge in [-0.15, -0.1) is 25.3 Å². The summed E-state index contributed by atoms with van der Waals surface area (Å²) in [6.07, 6.45) is 6.94. The van der Waals surface area contributed by atoms with E-state index in [4.69, 9.17) is 0 Å². The van der Waals surface area contributed by atoms with E-state index in [9.17, 15) is 0 Å². The number of hydrogen-bond donors (Lipinski definition) is 2. The maximum Gasteiger partial charge on any atom is 0.0274 e. The molecule has 2 heterocycles. The van der Waals surface area contributed by atoms with Gasteiger partial charge in [-0.1, -0.05) is 0 Å². The molecule has 2 aromatic heterocycles. The molecule has 0 unspecified atom stereocenters.